The molecule has 25 heavy (non-hydrogen) atoms. The lowest BCUT2D eigenvalue weighted by molar-refractivity contribution is 0.200. The number of anilines is 1. The maximum Gasteiger partial charge on any atom is 0.0367 e. The predicted octanol–water partition coefficient (Wildman–Crippen LogP) is 4.78. The van der Waals surface area contributed by atoms with E-state index >= 15 is 0 Å². The van der Waals surface area contributed by atoms with Gasteiger partial charge < -0.3 is 9.80 Å². The monoisotopic (exact) mass is 336 g/mol. The van der Waals surface area contributed by atoms with Gasteiger partial charge in [0.25, 0.3) is 0 Å². The molecule has 134 valence electrons. The Bertz CT molecular complexity index is 617. The zero-order valence-corrected chi connectivity index (χ0v) is 16.0. The Balaban J connectivity index is 0.000000192. The van der Waals surface area contributed by atoms with Gasteiger partial charge in [-0.1, -0.05) is 48.9 Å². The summed E-state index contributed by atoms with van der Waals surface area (Å²) < 4.78 is 0. The van der Waals surface area contributed by atoms with E-state index in [1.807, 2.05) is 0 Å². The molecule has 4 rings (SSSR count). The van der Waals surface area contributed by atoms with E-state index in [0.29, 0.717) is 6.04 Å². The number of likely N-dealkylation sites (N-methyl/N-ethyl adjacent to an activating group) is 1. The van der Waals surface area contributed by atoms with E-state index in [2.05, 4.69) is 85.4 Å². The van der Waals surface area contributed by atoms with Crippen molar-refractivity contribution in [3.63, 3.8) is 0 Å². The van der Waals surface area contributed by atoms with Crippen LogP contribution in [0.25, 0.3) is 0 Å². The van der Waals surface area contributed by atoms with Crippen molar-refractivity contribution in [3.8, 4) is 0 Å². The molecule has 2 aromatic rings. The summed E-state index contributed by atoms with van der Waals surface area (Å²) in [4.78, 5) is 4.84. The second-order valence-corrected chi connectivity index (χ2v) is 7.60. The molecule has 1 heterocycles. The van der Waals surface area contributed by atoms with Gasteiger partial charge in [0.15, 0.2) is 0 Å². The number of rotatable bonds is 2. The molecule has 1 atom stereocenters. The molecular formula is C23H32N2. The number of para-hydroxylation sites is 1. The Morgan fingerprint density at radius 2 is 1.48 bits per heavy atom. The van der Waals surface area contributed by atoms with Crippen LogP contribution < -0.4 is 4.90 Å². The molecule has 0 bridgehead atoms. The molecule has 0 radical (unpaired) electrons. The fourth-order valence-corrected chi connectivity index (χ4v) is 3.93. The summed E-state index contributed by atoms with van der Waals surface area (Å²) in [5, 5.41) is 0. The summed E-state index contributed by atoms with van der Waals surface area (Å²) in [6.45, 7) is 3.61. The van der Waals surface area contributed by atoms with Crippen molar-refractivity contribution in [2.75, 3.05) is 25.5 Å². The summed E-state index contributed by atoms with van der Waals surface area (Å²) in [6, 6.07) is 20.9. The normalized spacial score (nSPS) is 20.5. The maximum atomic E-state index is 2.43. The van der Waals surface area contributed by atoms with Crippen LogP contribution >= 0.6 is 0 Å². The van der Waals surface area contributed by atoms with Gasteiger partial charge in [0, 0.05) is 24.8 Å². The van der Waals surface area contributed by atoms with Gasteiger partial charge in [-0.15, -0.1) is 0 Å². The predicted molar refractivity (Wildman–Crippen MR) is 108 cm³/mol. The van der Waals surface area contributed by atoms with E-state index in [1.54, 1.807) is 0 Å². The number of likely N-dealkylation sites (tertiary alicyclic amines) is 1. The Morgan fingerprint density at radius 1 is 0.880 bits per heavy atom. The van der Waals surface area contributed by atoms with Crippen molar-refractivity contribution in [1.82, 2.24) is 4.90 Å². The van der Waals surface area contributed by atoms with Gasteiger partial charge in [-0.25, -0.2) is 0 Å². The number of hydrogen-bond donors (Lipinski definition) is 0. The van der Waals surface area contributed by atoms with Crippen LogP contribution in [0.1, 0.15) is 37.3 Å². The molecule has 0 N–H and O–H groups in total. The number of piperidine rings is 1. The third-order valence-corrected chi connectivity index (χ3v) is 5.88. The molecule has 2 aromatic carbocycles. The van der Waals surface area contributed by atoms with E-state index in [-0.39, 0.29) is 0 Å². The average Bonchev–Trinajstić information content (AvgIpc) is 3.09. The first-order chi connectivity index (χ1) is 12.1. The highest BCUT2D eigenvalue weighted by atomic mass is 15.1. The molecule has 1 saturated heterocycles. The van der Waals surface area contributed by atoms with Crippen LogP contribution in [0.3, 0.4) is 0 Å². The zero-order valence-electron chi connectivity index (χ0n) is 16.0. The van der Waals surface area contributed by atoms with Crippen LogP contribution in [0.2, 0.25) is 0 Å². The van der Waals surface area contributed by atoms with Gasteiger partial charge in [-0.2, -0.15) is 0 Å². The van der Waals surface area contributed by atoms with Crippen molar-refractivity contribution in [1.29, 1.82) is 0 Å². The molecular weight excluding hydrogens is 304 g/mol. The minimum absolute atomic E-state index is 0.606. The highest BCUT2D eigenvalue weighted by Gasteiger charge is 2.24. The quantitative estimate of drug-likeness (QED) is 0.778. The van der Waals surface area contributed by atoms with Crippen molar-refractivity contribution in [3.05, 3.63) is 65.7 Å². The lowest BCUT2D eigenvalue weighted by Gasteiger charge is -2.29. The second kappa shape index (κ2) is 8.53. The fourth-order valence-electron chi connectivity index (χ4n) is 3.93. The van der Waals surface area contributed by atoms with Gasteiger partial charge in [0.1, 0.15) is 0 Å². The highest BCUT2D eigenvalue weighted by molar-refractivity contribution is 5.48. The van der Waals surface area contributed by atoms with Crippen molar-refractivity contribution < 1.29 is 0 Å². The van der Waals surface area contributed by atoms with E-state index in [0.717, 1.165) is 6.04 Å². The minimum atomic E-state index is 0.606. The molecule has 2 heteroatoms. The molecule has 0 aromatic heterocycles. The highest BCUT2D eigenvalue weighted by Crippen LogP contribution is 2.27. The lowest BCUT2D eigenvalue weighted by Crippen LogP contribution is -2.33. The first-order valence-electron chi connectivity index (χ1n) is 9.70. The third kappa shape index (κ3) is 4.64. The summed E-state index contributed by atoms with van der Waals surface area (Å²) in [7, 11) is 4.41. The second-order valence-electron chi connectivity index (χ2n) is 7.60. The molecule has 1 aliphatic heterocycles. The SMILES string of the molecule is CC1CCCCN1C.CN(c1ccccc1)C1Cc2ccccc2C1. The maximum absolute atomic E-state index is 2.43. The standard InChI is InChI=1S/C16H17N.C7H15N/c1-17(15-9-3-2-4-10-15)16-11-13-7-5-6-8-14(13)12-16;1-7-5-3-4-6-8(7)2/h2-10,16H,11-12H2,1H3;7H,3-6H2,1-2H3. The number of fused-ring (bicyclic) bond motifs is 1. The minimum Gasteiger partial charge on any atom is -0.371 e. The van der Waals surface area contributed by atoms with Crippen LogP contribution in [-0.4, -0.2) is 37.6 Å². The summed E-state index contributed by atoms with van der Waals surface area (Å²) >= 11 is 0. The molecule has 1 unspecified atom stereocenters. The van der Waals surface area contributed by atoms with Gasteiger partial charge in [0.05, 0.1) is 0 Å². The third-order valence-electron chi connectivity index (χ3n) is 5.88. The molecule has 2 aliphatic rings. The number of nitrogens with zero attached hydrogens (tertiary/aromatic N) is 2. The van der Waals surface area contributed by atoms with E-state index in [9.17, 15) is 0 Å². The van der Waals surface area contributed by atoms with Crippen LogP contribution in [0.4, 0.5) is 5.69 Å². The van der Waals surface area contributed by atoms with Crippen molar-refractivity contribution in [2.24, 2.45) is 0 Å². The largest absolute Gasteiger partial charge is 0.371 e. The smallest absolute Gasteiger partial charge is 0.0367 e. The van der Waals surface area contributed by atoms with E-state index in [4.69, 9.17) is 0 Å². The Kier molecular flexibility index (Phi) is 6.14. The summed E-state index contributed by atoms with van der Waals surface area (Å²) in [5.41, 5.74) is 4.34. The van der Waals surface area contributed by atoms with Gasteiger partial charge >= 0.3 is 0 Å². The Hall–Kier alpha value is -1.80. The van der Waals surface area contributed by atoms with Crippen LogP contribution in [0, 0.1) is 0 Å². The Labute approximate surface area is 153 Å². The lowest BCUT2D eigenvalue weighted by atomic mass is 10.1. The van der Waals surface area contributed by atoms with Crippen LogP contribution in [0.15, 0.2) is 54.6 Å². The number of hydrogen-bond acceptors (Lipinski definition) is 2. The molecule has 0 amide bonds. The Morgan fingerprint density at radius 3 is 2.00 bits per heavy atom. The summed E-state index contributed by atoms with van der Waals surface area (Å²) in [5.74, 6) is 0. The molecule has 0 spiro atoms. The summed E-state index contributed by atoms with van der Waals surface area (Å²) in [6.07, 6.45) is 6.58. The molecule has 1 fully saturated rings. The van der Waals surface area contributed by atoms with Gasteiger partial charge in [-0.05, 0) is 69.5 Å². The van der Waals surface area contributed by atoms with Crippen LogP contribution in [-0.2, 0) is 12.8 Å². The van der Waals surface area contributed by atoms with Crippen molar-refractivity contribution in [2.45, 2.75) is 51.1 Å². The molecule has 1 aliphatic carbocycles. The first-order valence-corrected chi connectivity index (χ1v) is 9.70. The number of benzene rings is 2. The van der Waals surface area contributed by atoms with Crippen LogP contribution in [0.5, 0.6) is 0 Å². The van der Waals surface area contributed by atoms with E-state index in [1.165, 1.54) is 55.5 Å². The van der Waals surface area contributed by atoms with E-state index < -0.39 is 0 Å². The van der Waals surface area contributed by atoms with Gasteiger partial charge in [-0.3, -0.25) is 0 Å². The molecule has 2 nitrogen and oxygen atoms in total. The average molecular weight is 337 g/mol. The topological polar surface area (TPSA) is 6.48 Å². The fraction of sp³-hybridized carbons (Fsp3) is 0.478. The zero-order chi connectivity index (χ0) is 17.6. The van der Waals surface area contributed by atoms with Crippen molar-refractivity contribution >= 4 is 5.69 Å². The van der Waals surface area contributed by atoms with Gasteiger partial charge in [0.2, 0.25) is 0 Å². The molecule has 0 saturated carbocycles. The first kappa shape index (κ1) is 18.0.